The Morgan fingerprint density at radius 1 is 1.15 bits per heavy atom. The van der Waals surface area contributed by atoms with Crippen molar-refractivity contribution >= 4 is 11.4 Å². The second-order valence-electron chi connectivity index (χ2n) is 3.47. The second kappa shape index (κ2) is 9.58. The summed E-state index contributed by atoms with van der Waals surface area (Å²) in [7, 11) is 0. The van der Waals surface area contributed by atoms with E-state index in [1.165, 1.54) is 11.0 Å². The third kappa shape index (κ3) is 5.54. The zero-order chi connectivity index (χ0) is 14.1. The van der Waals surface area contributed by atoms with Crippen molar-refractivity contribution in [3.63, 3.8) is 0 Å². The quantitative estimate of drug-likeness (QED) is 0.279. The first-order valence-corrected chi connectivity index (χ1v) is 5.40. The molecule has 6 nitrogen and oxygen atoms in total. The average Bonchev–Trinajstić information content (AvgIpc) is 2.43. The molecule has 1 radical (unpaired) electrons. The fourth-order valence-electron chi connectivity index (χ4n) is 1.36. The molecule has 0 atom stereocenters. The van der Waals surface area contributed by atoms with Gasteiger partial charge in [-0.05, 0) is 25.1 Å². The van der Waals surface area contributed by atoms with Gasteiger partial charge in [-0.15, -0.1) is 0 Å². The number of hydrogen-bond acceptors (Lipinski definition) is 3. The van der Waals surface area contributed by atoms with Crippen LogP contribution in [0.15, 0.2) is 53.7 Å². The van der Waals surface area contributed by atoms with Crippen LogP contribution in [0.1, 0.15) is 12.6 Å². The molecule has 2 aromatic rings. The van der Waals surface area contributed by atoms with Gasteiger partial charge in [-0.25, -0.2) is 0 Å². The first-order chi connectivity index (χ1) is 9.19. The molecule has 0 N–H and O–H groups in total. The third-order valence-corrected chi connectivity index (χ3v) is 2.19. The van der Waals surface area contributed by atoms with Gasteiger partial charge >= 0.3 is 17.1 Å². The van der Waals surface area contributed by atoms with Gasteiger partial charge < -0.3 is 16.2 Å². The molecule has 20 heavy (non-hydrogen) atoms. The van der Waals surface area contributed by atoms with E-state index in [1.54, 1.807) is 24.4 Å². The molecule has 0 saturated carbocycles. The molecule has 0 saturated heterocycles. The van der Waals surface area contributed by atoms with E-state index in [2.05, 4.69) is 9.98 Å². The van der Waals surface area contributed by atoms with Crippen molar-refractivity contribution in [2.75, 3.05) is 0 Å². The summed E-state index contributed by atoms with van der Waals surface area (Å²) in [5, 5.41) is 11.5. The first kappa shape index (κ1) is 17.7. The summed E-state index contributed by atoms with van der Waals surface area (Å²) in [5.41, 5.74) is 15.5. The number of aliphatic imine (C=N–C) groups is 1. The maximum atomic E-state index is 11.5. The van der Waals surface area contributed by atoms with Gasteiger partial charge in [-0.2, -0.15) is 0 Å². The van der Waals surface area contributed by atoms with Crippen LogP contribution in [0.4, 0.5) is 5.69 Å². The van der Waals surface area contributed by atoms with Gasteiger partial charge in [-0.1, -0.05) is 30.0 Å². The molecule has 7 heteroatoms. The summed E-state index contributed by atoms with van der Waals surface area (Å²) in [5.74, 6) is -0.0715. The van der Waals surface area contributed by atoms with E-state index in [0.717, 1.165) is 11.4 Å². The minimum absolute atomic E-state index is 0. The van der Waals surface area contributed by atoms with Crippen LogP contribution in [0.5, 0.6) is 5.75 Å². The molecule has 1 aromatic heterocycles. The molecule has 0 fully saturated rings. The minimum Gasteiger partial charge on any atom is -0.871 e. The Morgan fingerprint density at radius 3 is 2.30 bits per heavy atom. The van der Waals surface area contributed by atoms with Crippen molar-refractivity contribution in [2.24, 2.45) is 4.99 Å². The fourth-order valence-corrected chi connectivity index (χ4v) is 1.36. The van der Waals surface area contributed by atoms with Crippen molar-refractivity contribution in [1.82, 2.24) is 4.98 Å². The average molecular weight is 317 g/mol. The Kier molecular flexibility index (Phi) is 8.46. The Bertz CT molecular complexity index is 595. The molecule has 0 aliphatic heterocycles. The summed E-state index contributed by atoms with van der Waals surface area (Å²) in [4.78, 5) is 9.94. The number of pyridine rings is 1. The minimum atomic E-state index is -0.0715. The van der Waals surface area contributed by atoms with Crippen LogP contribution in [-0.4, -0.2) is 10.7 Å². The van der Waals surface area contributed by atoms with Gasteiger partial charge in [0.2, 0.25) is 0 Å². The maximum Gasteiger partial charge on any atom is 2.00 e. The largest absolute Gasteiger partial charge is 2.00 e. The molecule has 0 aliphatic carbocycles. The Hall–Kier alpha value is -2.33. The molecular formula is C13H11CuN5O. The van der Waals surface area contributed by atoms with Crippen molar-refractivity contribution in [3.8, 4) is 5.75 Å². The second-order valence-corrected chi connectivity index (χ2v) is 3.47. The topological polar surface area (TPSA) is 107 Å². The van der Waals surface area contributed by atoms with Crippen LogP contribution in [0.3, 0.4) is 0 Å². The smallest absolute Gasteiger partial charge is 0.871 e. The predicted molar refractivity (Wildman–Crippen MR) is 72.1 cm³/mol. The summed E-state index contributed by atoms with van der Waals surface area (Å²) >= 11 is 0. The van der Waals surface area contributed by atoms with E-state index in [0.29, 0.717) is 5.69 Å². The van der Waals surface area contributed by atoms with E-state index in [1.807, 2.05) is 25.1 Å². The van der Waals surface area contributed by atoms with Gasteiger partial charge in [0.05, 0.1) is 17.1 Å². The van der Waals surface area contributed by atoms with E-state index >= 15 is 0 Å². The summed E-state index contributed by atoms with van der Waals surface area (Å²) in [6.45, 7) is 1.84. The third-order valence-electron chi connectivity index (χ3n) is 2.19. The van der Waals surface area contributed by atoms with E-state index in [9.17, 15) is 5.11 Å². The van der Waals surface area contributed by atoms with Gasteiger partial charge in [0.15, 0.2) is 0 Å². The monoisotopic (exact) mass is 316 g/mol. The Morgan fingerprint density at radius 2 is 1.75 bits per heavy atom. The van der Waals surface area contributed by atoms with Gasteiger partial charge in [0, 0.05) is 6.20 Å². The standard InChI is InChI=1S/C13H12N2O.Cu.N3/c1-10(11-6-4-5-9-14-11)15-12-7-2-3-8-13(12)16;;1-3-2/h2-9,16H,1H3;;/q;+2;-1/p-1. The SMILES string of the molecule is CC(=Nc1ccccc1[O-])c1ccccn1.[Cu+2].[N-]=[N+]=[N-]. The molecule has 0 aliphatic rings. The molecule has 1 heterocycles. The molecule has 0 spiro atoms. The Labute approximate surface area is 127 Å². The van der Waals surface area contributed by atoms with Crippen molar-refractivity contribution in [1.29, 1.82) is 0 Å². The van der Waals surface area contributed by atoms with Gasteiger partial charge in [0.1, 0.15) is 0 Å². The predicted octanol–water partition coefficient (Wildman–Crippen LogP) is 3.16. The van der Waals surface area contributed by atoms with Crippen molar-refractivity contribution < 1.29 is 22.2 Å². The fraction of sp³-hybridized carbons (Fsp3) is 0.0769. The maximum absolute atomic E-state index is 11.5. The first-order valence-electron chi connectivity index (χ1n) is 5.40. The molecular weight excluding hydrogens is 306 g/mol. The summed E-state index contributed by atoms with van der Waals surface area (Å²) < 4.78 is 0. The number of rotatable bonds is 2. The summed E-state index contributed by atoms with van der Waals surface area (Å²) in [6.07, 6.45) is 1.71. The number of nitrogens with zero attached hydrogens (tertiary/aromatic N) is 5. The zero-order valence-electron chi connectivity index (χ0n) is 10.6. The van der Waals surface area contributed by atoms with E-state index < -0.39 is 0 Å². The van der Waals surface area contributed by atoms with Crippen LogP contribution in [-0.2, 0) is 17.1 Å². The number of benzene rings is 1. The van der Waals surface area contributed by atoms with E-state index in [-0.39, 0.29) is 22.8 Å². The molecule has 0 bridgehead atoms. The summed E-state index contributed by atoms with van der Waals surface area (Å²) in [6, 6.07) is 12.3. The molecule has 0 amide bonds. The van der Waals surface area contributed by atoms with Gasteiger partial charge in [-0.3, -0.25) is 14.9 Å². The van der Waals surface area contributed by atoms with Crippen molar-refractivity contribution in [2.45, 2.75) is 6.92 Å². The molecule has 0 unspecified atom stereocenters. The van der Waals surface area contributed by atoms with Crippen LogP contribution in [0.25, 0.3) is 16.0 Å². The van der Waals surface area contributed by atoms with Gasteiger partial charge in [0.25, 0.3) is 0 Å². The van der Waals surface area contributed by atoms with Crippen LogP contribution < -0.4 is 5.11 Å². The van der Waals surface area contributed by atoms with E-state index in [4.69, 9.17) is 11.1 Å². The number of hydrogen-bond donors (Lipinski definition) is 0. The number of para-hydroxylation sites is 2. The van der Waals surface area contributed by atoms with Crippen LogP contribution in [0, 0.1) is 0 Å². The molecule has 1 aromatic carbocycles. The normalized spacial score (nSPS) is 9.55. The van der Waals surface area contributed by atoms with Crippen LogP contribution in [0.2, 0.25) is 0 Å². The zero-order valence-corrected chi connectivity index (χ0v) is 11.5. The Balaban J connectivity index is 0.000000830. The molecule has 105 valence electrons. The number of aromatic nitrogens is 1. The van der Waals surface area contributed by atoms with Crippen molar-refractivity contribution in [3.05, 3.63) is 70.3 Å². The molecule has 2 rings (SSSR count). The van der Waals surface area contributed by atoms with Crippen LogP contribution >= 0.6 is 0 Å².